The second-order valence-corrected chi connectivity index (χ2v) is 6.72. The molecular weight excluding hydrogens is 318 g/mol. The maximum atomic E-state index is 11.0. The molecule has 3 aromatic rings. The van der Waals surface area contributed by atoms with E-state index in [2.05, 4.69) is 42.3 Å². The summed E-state index contributed by atoms with van der Waals surface area (Å²) in [6, 6.07) is 15.3. The molecule has 2 aromatic carbocycles. The lowest BCUT2D eigenvalue weighted by Gasteiger charge is -2.12. The van der Waals surface area contributed by atoms with Gasteiger partial charge in [-0.3, -0.25) is 4.21 Å². The fraction of sp³-hybridized carbons (Fsp3) is 0.100. The standard InChI is InChI=1S/C20H19NO2S/c1-4-16-12-17(6-5-15(16)3)20-11-14(2)13-21(20)18-7-9-19(10-8-18)24(22)23/h4-13H,1H2,2-3H3,(H,22,23)/p-1. The fourth-order valence-corrected chi connectivity index (χ4v) is 3.13. The van der Waals surface area contributed by atoms with E-state index in [1.165, 1.54) is 5.56 Å². The van der Waals surface area contributed by atoms with Crippen molar-refractivity contribution >= 4 is 17.2 Å². The third-order valence-corrected chi connectivity index (χ3v) is 4.72. The highest BCUT2D eigenvalue weighted by Crippen LogP contribution is 2.28. The van der Waals surface area contributed by atoms with E-state index in [1.807, 2.05) is 31.3 Å². The molecule has 1 atom stereocenters. The Hall–Kier alpha value is -2.43. The van der Waals surface area contributed by atoms with Gasteiger partial charge in [-0.05, 0) is 83.6 Å². The molecule has 0 spiro atoms. The van der Waals surface area contributed by atoms with Crippen LogP contribution in [0.1, 0.15) is 16.7 Å². The van der Waals surface area contributed by atoms with E-state index in [0.717, 1.165) is 28.1 Å². The molecule has 0 bridgehead atoms. The number of benzene rings is 2. The third kappa shape index (κ3) is 3.11. The molecule has 0 N–H and O–H groups in total. The molecule has 3 nitrogen and oxygen atoms in total. The van der Waals surface area contributed by atoms with Crippen molar-refractivity contribution in [2.24, 2.45) is 0 Å². The first kappa shape index (κ1) is 16.4. The average Bonchev–Trinajstić information content (AvgIpc) is 2.97. The molecule has 122 valence electrons. The van der Waals surface area contributed by atoms with Crippen LogP contribution in [0.3, 0.4) is 0 Å². The Kier molecular flexibility index (Phi) is 4.51. The summed E-state index contributed by atoms with van der Waals surface area (Å²) in [6.07, 6.45) is 3.91. The molecule has 0 aliphatic carbocycles. The van der Waals surface area contributed by atoms with Crippen LogP contribution < -0.4 is 0 Å². The Morgan fingerprint density at radius 3 is 2.42 bits per heavy atom. The van der Waals surface area contributed by atoms with E-state index in [9.17, 15) is 8.76 Å². The Morgan fingerprint density at radius 2 is 1.79 bits per heavy atom. The highest BCUT2D eigenvalue weighted by atomic mass is 32.2. The molecule has 0 fully saturated rings. The van der Waals surface area contributed by atoms with E-state index in [-0.39, 0.29) is 4.90 Å². The van der Waals surface area contributed by atoms with Gasteiger partial charge in [0, 0.05) is 16.8 Å². The zero-order valence-corrected chi connectivity index (χ0v) is 14.5. The predicted octanol–water partition coefficient (Wildman–Crippen LogP) is 4.64. The summed E-state index contributed by atoms with van der Waals surface area (Å²) < 4.78 is 24.1. The second kappa shape index (κ2) is 6.59. The summed E-state index contributed by atoms with van der Waals surface area (Å²) >= 11 is -2.21. The average molecular weight is 336 g/mol. The van der Waals surface area contributed by atoms with Crippen molar-refractivity contribution < 1.29 is 8.76 Å². The molecule has 1 unspecified atom stereocenters. The van der Waals surface area contributed by atoms with Crippen LogP contribution in [0.2, 0.25) is 0 Å². The van der Waals surface area contributed by atoms with E-state index >= 15 is 0 Å². The second-order valence-electron chi connectivity index (χ2n) is 5.78. The topological polar surface area (TPSA) is 45.1 Å². The maximum Gasteiger partial charge on any atom is 0.0531 e. The maximum absolute atomic E-state index is 11.0. The normalized spacial score (nSPS) is 12.1. The first-order valence-corrected chi connectivity index (χ1v) is 8.69. The van der Waals surface area contributed by atoms with Gasteiger partial charge in [-0.25, -0.2) is 0 Å². The lowest BCUT2D eigenvalue weighted by molar-refractivity contribution is 0.537. The molecule has 1 heterocycles. The van der Waals surface area contributed by atoms with Crippen LogP contribution in [0.15, 0.2) is 66.2 Å². The van der Waals surface area contributed by atoms with Gasteiger partial charge in [-0.15, -0.1) is 0 Å². The molecule has 0 aliphatic heterocycles. The molecular formula is C20H18NO2S-. The van der Waals surface area contributed by atoms with Crippen LogP contribution in [0, 0.1) is 13.8 Å². The molecule has 0 radical (unpaired) electrons. The van der Waals surface area contributed by atoms with Gasteiger partial charge < -0.3 is 9.12 Å². The summed E-state index contributed by atoms with van der Waals surface area (Å²) in [7, 11) is 0. The molecule has 3 rings (SSSR count). The van der Waals surface area contributed by atoms with E-state index in [0.29, 0.717) is 0 Å². The Morgan fingerprint density at radius 1 is 1.08 bits per heavy atom. The first-order chi connectivity index (χ1) is 11.5. The molecule has 0 saturated carbocycles. The third-order valence-electron chi connectivity index (χ3n) is 4.06. The van der Waals surface area contributed by atoms with E-state index in [4.69, 9.17) is 0 Å². The van der Waals surface area contributed by atoms with Crippen molar-refractivity contribution in [3.05, 3.63) is 78.0 Å². The zero-order chi connectivity index (χ0) is 17.3. The lowest BCUT2D eigenvalue weighted by atomic mass is 10.0. The van der Waals surface area contributed by atoms with Gasteiger partial charge in [0.25, 0.3) is 0 Å². The van der Waals surface area contributed by atoms with Crippen LogP contribution in [0.25, 0.3) is 23.0 Å². The minimum Gasteiger partial charge on any atom is -0.768 e. The van der Waals surface area contributed by atoms with Crippen LogP contribution in [-0.2, 0) is 11.1 Å². The summed E-state index contributed by atoms with van der Waals surface area (Å²) in [4.78, 5) is 0.286. The van der Waals surface area contributed by atoms with Crippen LogP contribution in [0.4, 0.5) is 0 Å². The zero-order valence-electron chi connectivity index (χ0n) is 13.7. The molecule has 0 aliphatic rings. The van der Waals surface area contributed by atoms with Gasteiger partial charge in [-0.1, -0.05) is 24.8 Å². The van der Waals surface area contributed by atoms with Gasteiger partial charge in [0.2, 0.25) is 0 Å². The van der Waals surface area contributed by atoms with Crippen LogP contribution >= 0.6 is 0 Å². The highest BCUT2D eigenvalue weighted by Gasteiger charge is 2.09. The predicted molar refractivity (Wildman–Crippen MR) is 98.0 cm³/mol. The number of aromatic nitrogens is 1. The molecule has 0 amide bonds. The van der Waals surface area contributed by atoms with Gasteiger partial charge in [-0.2, -0.15) is 0 Å². The Bertz CT molecular complexity index is 923. The SMILES string of the molecule is C=Cc1cc(-c2cc(C)cn2-c2ccc(S(=O)[O-])cc2)ccc1C. The smallest absolute Gasteiger partial charge is 0.0531 e. The van der Waals surface area contributed by atoms with Crippen LogP contribution in [0.5, 0.6) is 0 Å². The minimum absolute atomic E-state index is 0.286. The summed E-state index contributed by atoms with van der Waals surface area (Å²) in [6.45, 7) is 7.98. The highest BCUT2D eigenvalue weighted by molar-refractivity contribution is 7.79. The van der Waals surface area contributed by atoms with E-state index < -0.39 is 11.1 Å². The quantitative estimate of drug-likeness (QED) is 0.651. The number of hydrogen-bond donors (Lipinski definition) is 0. The molecule has 24 heavy (non-hydrogen) atoms. The summed E-state index contributed by atoms with van der Waals surface area (Å²) in [5.41, 5.74) is 6.52. The van der Waals surface area contributed by atoms with Gasteiger partial charge in [0.05, 0.1) is 5.69 Å². The summed E-state index contributed by atoms with van der Waals surface area (Å²) in [5.74, 6) is 0. The van der Waals surface area contributed by atoms with Crippen LogP contribution in [-0.4, -0.2) is 13.3 Å². The molecule has 0 saturated heterocycles. The molecule has 4 heteroatoms. The van der Waals surface area contributed by atoms with Gasteiger partial charge in [0.1, 0.15) is 0 Å². The van der Waals surface area contributed by atoms with Gasteiger partial charge >= 0.3 is 0 Å². The minimum atomic E-state index is -2.21. The van der Waals surface area contributed by atoms with Crippen molar-refractivity contribution in [2.75, 3.05) is 0 Å². The molecule has 1 aromatic heterocycles. The van der Waals surface area contributed by atoms with Crippen molar-refractivity contribution in [3.63, 3.8) is 0 Å². The van der Waals surface area contributed by atoms with E-state index in [1.54, 1.807) is 12.1 Å². The Balaban J connectivity index is 2.11. The number of aryl methyl sites for hydroxylation is 2. The lowest BCUT2D eigenvalue weighted by Crippen LogP contribution is -1.97. The number of rotatable bonds is 4. The van der Waals surface area contributed by atoms with Crippen molar-refractivity contribution in [1.29, 1.82) is 0 Å². The summed E-state index contributed by atoms with van der Waals surface area (Å²) in [5, 5.41) is 0. The van der Waals surface area contributed by atoms with Crippen molar-refractivity contribution in [1.82, 2.24) is 4.57 Å². The van der Waals surface area contributed by atoms with Crippen molar-refractivity contribution in [3.8, 4) is 16.9 Å². The van der Waals surface area contributed by atoms with Gasteiger partial charge in [0.15, 0.2) is 0 Å². The Labute approximate surface area is 144 Å². The largest absolute Gasteiger partial charge is 0.768 e. The fourth-order valence-electron chi connectivity index (χ4n) is 2.77. The van der Waals surface area contributed by atoms with Crippen molar-refractivity contribution in [2.45, 2.75) is 18.7 Å². The number of hydrogen-bond acceptors (Lipinski definition) is 2. The number of nitrogens with zero attached hydrogens (tertiary/aromatic N) is 1. The first-order valence-electron chi connectivity index (χ1n) is 7.62. The monoisotopic (exact) mass is 336 g/mol.